The highest BCUT2D eigenvalue weighted by Gasteiger charge is 2.36. The third kappa shape index (κ3) is 4.64. The Labute approximate surface area is 183 Å². The quantitative estimate of drug-likeness (QED) is 0.577. The van der Waals surface area contributed by atoms with Gasteiger partial charge in [-0.05, 0) is 53.5 Å². The van der Waals surface area contributed by atoms with Gasteiger partial charge in [-0.1, -0.05) is 48.5 Å². The first kappa shape index (κ1) is 19.8. The minimum atomic E-state index is -0.0697. The van der Waals surface area contributed by atoms with Crippen LogP contribution in [-0.4, -0.2) is 34.4 Å². The molecular formula is C25H29N5O. The van der Waals surface area contributed by atoms with Gasteiger partial charge in [0.25, 0.3) is 0 Å². The molecule has 3 aromatic rings. The largest absolute Gasteiger partial charge is 0.335 e. The number of carbonyl (C=O) groups is 1. The fourth-order valence-electron chi connectivity index (χ4n) is 4.90. The smallest absolute Gasteiger partial charge is 0.315 e. The number of benzene rings is 2. The lowest BCUT2D eigenvalue weighted by atomic mass is 9.86. The van der Waals surface area contributed by atoms with E-state index in [1.54, 1.807) is 6.20 Å². The second-order valence-corrected chi connectivity index (χ2v) is 8.67. The van der Waals surface area contributed by atoms with E-state index in [0.717, 1.165) is 42.6 Å². The van der Waals surface area contributed by atoms with Gasteiger partial charge in [0.15, 0.2) is 0 Å². The van der Waals surface area contributed by atoms with Crippen LogP contribution in [0.5, 0.6) is 0 Å². The zero-order chi connectivity index (χ0) is 21.0. The highest BCUT2D eigenvalue weighted by molar-refractivity contribution is 5.75. The molecule has 2 heterocycles. The Kier molecular flexibility index (Phi) is 5.71. The highest BCUT2D eigenvalue weighted by atomic mass is 16.2. The molecule has 0 spiro atoms. The number of rotatable bonds is 6. The molecule has 1 aliphatic heterocycles. The van der Waals surface area contributed by atoms with E-state index >= 15 is 0 Å². The van der Waals surface area contributed by atoms with Crippen molar-refractivity contribution in [3.05, 3.63) is 78.1 Å². The summed E-state index contributed by atoms with van der Waals surface area (Å²) in [6, 6.07) is 19.6. The standard InChI is InChI=1S/C25H29N5O/c31-25(29-24-11-10-22-14-21(24)16-26-22)27-15-20-4-1-2-5-23(20)19-8-6-18(7-9-19)17-30-13-3-12-28-30/h1-9,12-13,21-22,24,26H,10-11,14-17H2,(H2,27,29,31). The molecule has 6 heteroatoms. The molecule has 1 saturated carbocycles. The molecule has 1 saturated heterocycles. The summed E-state index contributed by atoms with van der Waals surface area (Å²) in [7, 11) is 0. The Morgan fingerprint density at radius 3 is 2.81 bits per heavy atom. The molecule has 3 atom stereocenters. The lowest BCUT2D eigenvalue weighted by Gasteiger charge is -2.28. The summed E-state index contributed by atoms with van der Waals surface area (Å²) in [5.74, 6) is 0.567. The summed E-state index contributed by atoms with van der Waals surface area (Å²) in [4.78, 5) is 12.6. The van der Waals surface area contributed by atoms with Crippen molar-refractivity contribution in [1.82, 2.24) is 25.7 Å². The molecule has 2 bridgehead atoms. The number of amides is 2. The second-order valence-electron chi connectivity index (χ2n) is 8.67. The van der Waals surface area contributed by atoms with Crippen molar-refractivity contribution < 1.29 is 4.79 Å². The maximum absolute atomic E-state index is 12.6. The second kappa shape index (κ2) is 8.94. The molecule has 2 amide bonds. The lowest BCUT2D eigenvalue weighted by Crippen LogP contribution is -2.46. The van der Waals surface area contributed by atoms with Crippen LogP contribution in [0.2, 0.25) is 0 Å². The van der Waals surface area contributed by atoms with Crippen LogP contribution in [0.3, 0.4) is 0 Å². The number of fused-ring (bicyclic) bond motifs is 2. The van der Waals surface area contributed by atoms with Crippen LogP contribution in [0.4, 0.5) is 4.79 Å². The Morgan fingerprint density at radius 1 is 1.10 bits per heavy atom. The van der Waals surface area contributed by atoms with Gasteiger partial charge in [0.05, 0.1) is 6.54 Å². The van der Waals surface area contributed by atoms with E-state index in [4.69, 9.17) is 0 Å². The molecule has 31 heavy (non-hydrogen) atoms. The summed E-state index contributed by atoms with van der Waals surface area (Å²) in [5.41, 5.74) is 4.62. The molecule has 2 aliphatic rings. The number of aromatic nitrogens is 2. The van der Waals surface area contributed by atoms with Gasteiger partial charge in [-0.3, -0.25) is 4.68 Å². The van der Waals surface area contributed by atoms with Gasteiger partial charge in [0, 0.05) is 37.6 Å². The van der Waals surface area contributed by atoms with Gasteiger partial charge >= 0.3 is 6.03 Å². The Balaban J connectivity index is 1.21. The van der Waals surface area contributed by atoms with Crippen molar-refractivity contribution >= 4 is 6.03 Å². The summed E-state index contributed by atoms with van der Waals surface area (Å²) < 4.78 is 1.92. The number of nitrogens with zero attached hydrogens (tertiary/aromatic N) is 2. The van der Waals surface area contributed by atoms with E-state index < -0.39 is 0 Å². The normalized spacial score (nSPS) is 22.3. The van der Waals surface area contributed by atoms with Crippen molar-refractivity contribution in [1.29, 1.82) is 0 Å². The molecule has 5 rings (SSSR count). The Hall–Kier alpha value is -3.12. The third-order valence-electron chi connectivity index (χ3n) is 6.59. The van der Waals surface area contributed by atoms with Gasteiger partial charge < -0.3 is 16.0 Å². The van der Waals surface area contributed by atoms with Crippen LogP contribution < -0.4 is 16.0 Å². The predicted octanol–water partition coefficient (Wildman–Crippen LogP) is 3.54. The molecule has 160 valence electrons. The van der Waals surface area contributed by atoms with Crippen molar-refractivity contribution in [2.75, 3.05) is 6.54 Å². The van der Waals surface area contributed by atoms with Crippen LogP contribution in [-0.2, 0) is 13.1 Å². The van der Waals surface area contributed by atoms with Crippen LogP contribution in [0, 0.1) is 5.92 Å². The van der Waals surface area contributed by atoms with Gasteiger partial charge in [-0.2, -0.15) is 5.10 Å². The SMILES string of the molecule is O=C(NCc1ccccc1-c1ccc(Cn2cccn2)cc1)NC1CCC2CC1CN2. The topological polar surface area (TPSA) is 71.0 Å². The third-order valence-corrected chi connectivity index (χ3v) is 6.59. The predicted molar refractivity (Wildman–Crippen MR) is 121 cm³/mol. The van der Waals surface area contributed by atoms with Crippen LogP contribution in [0.1, 0.15) is 30.4 Å². The first-order valence-electron chi connectivity index (χ1n) is 11.2. The Bertz CT molecular complexity index is 1010. The van der Waals surface area contributed by atoms with E-state index in [0.29, 0.717) is 18.5 Å². The minimum absolute atomic E-state index is 0.0697. The number of urea groups is 1. The van der Waals surface area contributed by atoms with Crippen molar-refractivity contribution in [2.45, 2.75) is 44.4 Å². The van der Waals surface area contributed by atoms with E-state index in [1.165, 1.54) is 12.0 Å². The molecule has 1 aromatic heterocycles. The maximum atomic E-state index is 12.6. The van der Waals surface area contributed by atoms with E-state index in [2.05, 4.69) is 57.4 Å². The minimum Gasteiger partial charge on any atom is -0.335 e. The van der Waals surface area contributed by atoms with Crippen LogP contribution in [0.15, 0.2) is 67.0 Å². The molecule has 3 N–H and O–H groups in total. The average Bonchev–Trinajstić information content (AvgIpc) is 3.45. The molecule has 2 aromatic carbocycles. The van der Waals surface area contributed by atoms with Crippen molar-refractivity contribution in [3.8, 4) is 11.1 Å². The molecule has 1 aliphatic carbocycles. The zero-order valence-corrected chi connectivity index (χ0v) is 17.6. The van der Waals surface area contributed by atoms with Gasteiger partial charge in [-0.25, -0.2) is 4.79 Å². The number of hydrogen-bond donors (Lipinski definition) is 3. The summed E-state index contributed by atoms with van der Waals surface area (Å²) >= 11 is 0. The zero-order valence-electron chi connectivity index (χ0n) is 17.6. The highest BCUT2D eigenvalue weighted by Crippen LogP contribution is 2.29. The van der Waals surface area contributed by atoms with E-state index in [-0.39, 0.29) is 12.1 Å². The molecular weight excluding hydrogens is 386 g/mol. The average molecular weight is 416 g/mol. The molecule has 3 unspecified atom stereocenters. The number of carbonyl (C=O) groups excluding carboxylic acids is 1. The first-order chi connectivity index (χ1) is 15.2. The summed E-state index contributed by atoms with van der Waals surface area (Å²) in [6.07, 6.45) is 7.17. The van der Waals surface area contributed by atoms with Crippen LogP contribution >= 0.6 is 0 Å². The van der Waals surface area contributed by atoms with Gasteiger partial charge in [0.2, 0.25) is 0 Å². The van der Waals surface area contributed by atoms with Crippen LogP contribution in [0.25, 0.3) is 11.1 Å². The summed E-state index contributed by atoms with van der Waals surface area (Å²) in [5, 5.41) is 14.1. The van der Waals surface area contributed by atoms with Crippen molar-refractivity contribution in [3.63, 3.8) is 0 Å². The van der Waals surface area contributed by atoms with Crippen molar-refractivity contribution in [2.24, 2.45) is 5.92 Å². The maximum Gasteiger partial charge on any atom is 0.315 e. The van der Waals surface area contributed by atoms with Gasteiger partial charge in [0.1, 0.15) is 0 Å². The number of hydrogen-bond acceptors (Lipinski definition) is 3. The summed E-state index contributed by atoms with van der Waals surface area (Å²) in [6.45, 7) is 2.29. The van der Waals surface area contributed by atoms with E-state index in [9.17, 15) is 4.79 Å². The number of nitrogens with one attached hydrogen (secondary N) is 3. The fraction of sp³-hybridized carbons (Fsp3) is 0.360. The fourth-order valence-corrected chi connectivity index (χ4v) is 4.90. The lowest BCUT2D eigenvalue weighted by molar-refractivity contribution is 0.225. The first-order valence-corrected chi connectivity index (χ1v) is 11.2. The monoisotopic (exact) mass is 415 g/mol. The molecule has 0 radical (unpaired) electrons. The van der Waals surface area contributed by atoms with E-state index in [1.807, 2.05) is 29.1 Å². The molecule has 6 nitrogen and oxygen atoms in total. The Morgan fingerprint density at radius 2 is 1.97 bits per heavy atom. The van der Waals surface area contributed by atoms with Gasteiger partial charge in [-0.15, -0.1) is 0 Å². The molecule has 2 fully saturated rings.